The molecule has 0 saturated carbocycles. The van der Waals surface area contributed by atoms with Crippen molar-refractivity contribution in [3.63, 3.8) is 0 Å². The van der Waals surface area contributed by atoms with E-state index < -0.39 is 0 Å². The molecule has 150 valence electrons. The van der Waals surface area contributed by atoms with Crippen molar-refractivity contribution in [3.8, 4) is 0 Å². The smallest absolute Gasteiger partial charge is 0.317 e. The minimum Gasteiger partial charge on any atom is -0.383 e. The summed E-state index contributed by atoms with van der Waals surface area (Å²) in [5, 5.41) is 5.72. The van der Waals surface area contributed by atoms with Crippen molar-refractivity contribution >= 4 is 16.8 Å². The van der Waals surface area contributed by atoms with E-state index in [0.717, 1.165) is 58.6 Å². The maximum atomic E-state index is 12.7. The molecule has 1 aromatic carbocycles. The molecule has 0 bridgehead atoms. The van der Waals surface area contributed by atoms with Gasteiger partial charge in [0.05, 0.1) is 6.61 Å². The number of piperidine rings is 1. The number of hydrogen-bond acceptors (Lipinski definition) is 4. The van der Waals surface area contributed by atoms with Gasteiger partial charge in [0.1, 0.15) is 0 Å². The number of rotatable bonds is 5. The van der Waals surface area contributed by atoms with Crippen LogP contribution in [-0.4, -0.2) is 73.3 Å². The summed E-state index contributed by atoms with van der Waals surface area (Å²) in [5.74, 6) is 0.506. The molecule has 6 nitrogen and oxygen atoms in total. The number of methoxy groups -OCH3 is 1. The Morgan fingerprint density at radius 3 is 2.89 bits per heavy atom. The fourth-order valence-electron chi connectivity index (χ4n) is 4.54. The molecule has 2 amide bonds. The van der Waals surface area contributed by atoms with Gasteiger partial charge in [-0.25, -0.2) is 4.79 Å². The normalized spacial score (nSPS) is 21.3. The summed E-state index contributed by atoms with van der Waals surface area (Å²) in [6, 6.07) is 8.93. The third-order valence-corrected chi connectivity index (χ3v) is 6.15. The Bertz CT molecular complexity index is 799. The average Bonchev–Trinajstić information content (AvgIpc) is 3.19. The second kappa shape index (κ2) is 8.88. The molecule has 0 aliphatic carbocycles. The predicted molar refractivity (Wildman–Crippen MR) is 111 cm³/mol. The first-order chi connectivity index (χ1) is 13.7. The van der Waals surface area contributed by atoms with E-state index in [1.165, 1.54) is 16.3 Å². The summed E-state index contributed by atoms with van der Waals surface area (Å²) in [6.45, 7) is 5.28. The number of aromatic nitrogens is 1. The standard InChI is InChI=1S/C22H30N4O2/c1-28-14-13-25-10-8-19(16-25)24-22(27)26-11-6-17(7-12-26)20-4-2-3-18-15-23-9-5-21(18)20/h2-5,9,15,17,19H,6-8,10-14,16H2,1H3,(H,24,27). The lowest BCUT2D eigenvalue weighted by atomic mass is 9.87. The van der Waals surface area contributed by atoms with E-state index >= 15 is 0 Å². The molecular weight excluding hydrogens is 352 g/mol. The van der Waals surface area contributed by atoms with Crippen molar-refractivity contribution in [2.24, 2.45) is 0 Å². The summed E-state index contributed by atoms with van der Waals surface area (Å²) in [5.41, 5.74) is 1.39. The van der Waals surface area contributed by atoms with E-state index in [1.54, 1.807) is 7.11 Å². The van der Waals surface area contributed by atoms with Crippen molar-refractivity contribution in [1.29, 1.82) is 0 Å². The minimum absolute atomic E-state index is 0.0964. The Morgan fingerprint density at radius 2 is 2.07 bits per heavy atom. The van der Waals surface area contributed by atoms with Gasteiger partial charge in [-0.05, 0) is 42.2 Å². The van der Waals surface area contributed by atoms with Gasteiger partial charge >= 0.3 is 6.03 Å². The number of ether oxygens (including phenoxy) is 1. The van der Waals surface area contributed by atoms with Crippen LogP contribution >= 0.6 is 0 Å². The topological polar surface area (TPSA) is 57.7 Å². The lowest BCUT2D eigenvalue weighted by Gasteiger charge is -2.33. The number of likely N-dealkylation sites (tertiary alicyclic amines) is 2. The number of hydrogen-bond donors (Lipinski definition) is 1. The Labute approximate surface area is 166 Å². The first-order valence-corrected chi connectivity index (χ1v) is 10.3. The van der Waals surface area contributed by atoms with Crippen LogP contribution in [0.1, 0.15) is 30.7 Å². The second-order valence-electron chi connectivity index (χ2n) is 7.93. The number of fused-ring (bicyclic) bond motifs is 1. The molecule has 28 heavy (non-hydrogen) atoms. The predicted octanol–water partition coefficient (Wildman–Crippen LogP) is 2.84. The van der Waals surface area contributed by atoms with Crippen LogP contribution in [-0.2, 0) is 4.74 Å². The summed E-state index contributed by atoms with van der Waals surface area (Å²) in [7, 11) is 1.73. The molecule has 2 aromatic rings. The van der Waals surface area contributed by atoms with Crippen molar-refractivity contribution in [2.45, 2.75) is 31.2 Å². The van der Waals surface area contributed by atoms with E-state index in [2.05, 4.69) is 39.5 Å². The number of urea groups is 1. The van der Waals surface area contributed by atoms with Gasteiger partial charge in [0, 0.05) is 63.7 Å². The molecular formula is C22H30N4O2. The maximum absolute atomic E-state index is 12.7. The number of carbonyl (C=O) groups is 1. The van der Waals surface area contributed by atoms with E-state index in [4.69, 9.17) is 4.74 Å². The first kappa shape index (κ1) is 19.2. The molecule has 2 saturated heterocycles. The molecule has 2 fully saturated rings. The largest absolute Gasteiger partial charge is 0.383 e. The van der Waals surface area contributed by atoms with Gasteiger partial charge in [0.15, 0.2) is 0 Å². The van der Waals surface area contributed by atoms with Crippen molar-refractivity contribution in [1.82, 2.24) is 20.1 Å². The Kier molecular flexibility index (Phi) is 6.07. The third kappa shape index (κ3) is 4.28. The number of amides is 2. The maximum Gasteiger partial charge on any atom is 0.317 e. The molecule has 3 heterocycles. The Morgan fingerprint density at radius 1 is 1.21 bits per heavy atom. The molecule has 1 atom stereocenters. The van der Waals surface area contributed by atoms with Crippen LogP contribution in [0.5, 0.6) is 0 Å². The molecule has 6 heteroatoms. The number of carbonyl (C=O) groups excluding carboxylic acids is 1. The molecule has 1 aromatic heterocycles. The highest BCUT2D eigenvalue weighted by Crippen LogP contribution is 2.32. The van der Waals surface area contributed by atoms with Crippen LogP contribution in [0.2, 0.25) is 0 Å². The number of pyridine rings is 1. The van der Waals surface area contributed by atoms with Crippen molar-refractivity contribution in [2.75, 3.05) is 46.4 Å². The number of nitrogens with one attached hydrogen (secondary N) is 1. The lowest BCUT2D eigenvalue weighted by molar-refractivity contribution is 0.158. The first-order valence-electron chi connectivity index (χ1n) is 10.3. The van der Waals surface area contributed by atoms with Gasteiger partial charge in [-0.3, -0.25) is 9.88 Å². The summed E-state index contributed by atoms with van der Waals surface area (Å²) < 4.78 is 5.15. The van der Waals surface area contributed by atoms with E-state index in [1.807, 2.05) is 17.3 Å². The molecule has 4 rings (SSSR count). The van der Waals surface area contributed by atoms with Gasteiger partial charge < -0.3 is 15.0 Å². The van der Waals surface area contributed by atoms with E-state index in [9.17, 15) is 4.79 Å². The summed E-state index contributed by atoms with van der Waals surface area (Å²) in [6.07, 6.45) is 6.85. The minimum atomic E-state index is 0.0964. The zero-order valence-corrected chi connectivity index (χ0v) is 16.6. The molecule has 2 aliphatic rings. The molecule has 2 aliphatic heterocycles. The molecule has 1 unspecified atom stereocenters. The Hall–Kier alpha value is -2.18. The average molecular weight is 383 g/mol. The summed E-state index contributed by atoms with van der Waals surface area (Å²) in [4.78, 5) is 21.3. The second-order valence-corrected chi connectivity index (χ2v) is 7.93. The summed E-state index contributed by atoms with van der Waals surface area (Å²) >= 11 is 0. The van der Waals surface area contributed by atoms with Crippen LogP contribution in [0.3, 0.4) is 0 Å². The van der Waals surface area contributed by atoms with Gasteiger partial charge in [0.2, 0.25) is 0 Å². The van der Waals surface area contributed by atoms with Gasteiger partial charge in [0.25, 0.3) is 0 Å². The fourth-order valence-corrected chi connectivity index (χ4v) is 4.54. The molecule has 0 radical (unpaired) electrons. The zero-order valence-electron chi connectivity index (χ0n) is 16.6. The fraction of sp³-hybridized carbons (Fsp3) is 0.545. The van der Waals surface area contributed by atoms with E-state index in [0.29, 0.717) is 5.92 Å². The van der Waals surface area contributed by atoms with Gasteiger partial charge in [-0.2, -0.15) is 0 Å². The molecule has 0 spiro atoms. The quantitative estimate of drug-likeness (QED) is 0.864. The lowest BCUT2D eigenvalue weighted by Crippen LogP contribution is -2.48. The zero-order chi connectivity index (χ0) is 19.3. The highest BCUT2D eigenvalue weighted by molar-refractivity contribution is 5.85. The molecule has 1 N–H and O–H groups in total. The van der Waals surface area contributed by atoms with Crippen LogP contribution in [0, 0.1) is 0 Å². The van der Waals surface area contributed by atoms with Crippen LogP contribution in [0.4, 0.5) is 4.79 Å². The van der Waals surface area contributed by atoms with Crippen LogP contribution in [0.15, 0.2) is 36.7 Å². The van der Waals surface area contributed by atoms with Crippen molar-refractivity contribution < 1.29 is 9.53 Å². The number of nitrogens with zero attached hydrogens (tertiary/aromatic N) is 3. The van der Waals surface area contributed by atoms with E-state index in [-0.39, 0.29) is 12.1 Å². The highest BCUT2D eigenvalue weighted by atomic mass is 16.5. The highest BCUT2D eigenvalue weighted by Gasteiger charge is 2.28. The van der Waals surface area contributed by atoms with Crippen molar-refractivity contribution in [3.05, 3.63) is 42.2 Å². The third-order valence-electron chi connectivity index (χ3n) is 6.15. The number of benzene rings is 1. The van der Waals surface area contributed by atoms with Gasteiger partial charge in [-0.15, -0.1) is 0 Å². The van der Waals surface area contributed by atoms with Crippen LogP contribution in [0.25, 0.3) is 10.8 Å². The SMILES string of the molecule is COCCN1CCC(NC(=O)N2CCC(c3cccc4cnccc34)CC2)C1. The Balaban J connectivity index is 1.30. The monoisotopic (exact) mass is 382 g/mol. The van der Waals surface area contributed by atoms with Gasteiger partial charge in [-0.1, -0.05) is 18.2 Å². The van der Waals surface area contributed by atoms with Crippen LogP contribution < -0.4 is 5.32 Å².